The Morgan fingerprint density at radius 1 is 1.11 bits per heavy atom. The molecule has 0 spiro atoms. The Kier molecular flexibility index (Phi) is 6.56. The monoisotopic (exact) mass is 412 g/mol. The Hall–Kier alpha value is -2.45. The molecule has 0 aliphatic heterocycles. The lowest BCUT2D eigenvalue weighted by Crippen LogP contribution is -2.37. The average Bonchev–Trinajstić information content (AvgIpc) is 2.59. The van der Waals surface area contributed by atoms with Gasteiger partial charge in [-0.15, -0.1) is 0 Å². The number of benzene rings is 2. The predicted molar refractivity (Wildman–Crippen MR) is 107 cm³/mol. The van der Waals surface area contributed by atoms with Gasteiger partial charge in [0.1, 0.15) is 18.0 Å². The first-order valence-electron chi connectivity index (χ1n) is 7.91. The highest BCUT2D eigenvalue weighted by Crippen LogP contribution is 2.33. The molecule has 1 N–H and O–H groups in total. The van der Waals surface area contributed by atoms with Crippen molar-refractivity contribution < 1.29 is 22.7 Å². The number of hydrogen-bond acceptors (Lipinski definition) is 5. The summed E-state index contributed by atoms with van der Waals surface area (Å²) in [5.74, 6) is 0.220. The van der Waals surface area contributed by atoms with Crippen LogP contribution in [-0.2, 0) is 14.8 Å². The van der Waals surface area contributed by atoms with Gasteiger partial charge in [0.15, 0.2) is 0 Å². The Morgan fingerprint density at radius 3 is 2.33 bits per heavy atom. The Balaban J connectivity index is 2.34. The molecule has 7 nitrogen and oxygen atoms in total. The summed E-state index contributed by atoms with van der Waals surface area (Å²) in [7, 11) is -0.882. The van der Waals surface area contributed by atoms with Gasteiger partial charge >= 0.3 is 0 Å². The number of ether oxygens (including phenoxy) is 2. The number of carbonyl (C=O) groups is 1. The van der Waals surface area contributed by atoms with E-state index in [2.05, 4.69) is 5.32 Å². The minimum absolute atomic E-state index is 0.179. The number of anilines is 2. The molecule has 0 radical (unpaired) electrons. The summed E-state index contributed by atoms with van der Waals surface area (Å²) in [6, 6.07) is 9.84. The van der Waals surface area contributed by atoms with Crippen molar-refractivity contribution in [2.45, 2.75) is 6.92 Å². The van der Waals surface area contributed by atoms with Crippen LogP contribution in [0.4, 0.5) is 11.4 Å². The highest BCUT2D eigenvalue weighted by molar-refractivity contribution is 7.92. The number of aryl methyl sites for hydroxylation is 1. The van der Waals surface area contributed by atoms with E-state index in [9.17, 15) is 13.2 Å². The standard InChI is InChI=1S/C18H21ClN2O5S/c1-12-5-7-16(25-2)14(9-12)20-18(22)11-21(27(4,23)24)15-10-13(19)6-8-17(15)26-3/h5-10H,11H2,1-4H3,(H,20,22). The summed E-state index contributed by atoms with van der Waals surface area (Å²) in [5, 5.41) is 3.00. The maximum absolute atomic E-state index is 12.6. The lowest BCUT2D eigenvalue weighted by molar-refractivity contribution is -0.114. The van der Waals surface area contributed by atoms with Crippen molar-refractivity contribution in [3.63, 3.8) is 0 Å². The van der Waals surface area contributed by atoms with Crippen molar-refractivity contribution in [2.24, 2.45) is 0 Å². The molecule has 0 unspecified atom stereocenters. The first-order valence-corrected chi connectivity index (χ1v) is 10.1. The summed E-state index contributed by atoms with van der Waals surface area (Å²) in [6.45, 7) is 1.42. The lowest BCUT2D eigenvalue weighted by Gasteiger charge is -2.24. The van der Waals surface area contributed by atoms with Crippen LogP contribution in [0.25, 0.3) is 0 Å². The summed E-state index contributed by atoms with van der Waals surface area (Å²) in [4.78, 5) is 12.6. The zero-order valence-electron chi connectivity index (χ0n) is 15.4. The predicted octanol–water partition coefficient (Wildman–Crippen LogP) is 3.07. The molecule has 27 heavy (non-hydrogen) atoms. The SMILES string of the molecule is COc1ccc(C)cc1NC(=O)CN(c1cc(Cl)ccc1OC)S(C)(=O)=O. The van der Waals surface area contributed by atoms with Gasteiger partial charge in [-0.25, -0.2) is 8.42 Å². The van der Waals surface area contributed by atoms with E-state index in [1.54, 1.807) is 18.2 Å². The molecule has 146 valence electrons. The van der Waals surface area contributed by atoms with Gasteiger partial charge in [-0.1, -0.05) is 17.7 Å². The number of methoxy groups -OCH3 is 2. The number of rotatable bonds is 7. The van der Waals surface area contributed by atoms with Crippen LogP contribution in [0.15, 0.2) is 36.4 Å². The maximum atomic E-state index is 12.6. The van der Waals surface area contributed by atoms with E-state index in [0.717, 1.165) is 16.1 Å². The molecule has 0 aromatic heterocycles. The Morgan fingerprint density at radius 2 is 1.74 bits per heavy atom. The first-order chi connectivity index (χ1) is 12.7. The van der Waals surface area contributed by atoms with Gasteiger partial charge in [-0.2, -0.15) is 0 Å². The van der Waals surface area contributed by atoms with Gasteiger partial charge in [-0.05, 0) is 42.8 Å². The number of nitrogens with one attached hydrogen (secondary N) is 1. The van der Waals surface area contributed by atoms with E-state index in [4.69, 9.17) is 21.1 Å². The molecule has 1 amide bonds. The van der Waals surface area contributed by atoms with Crippen LogP contribution in [0.3, 0.4) is 0 Å². The molecule has 2 aromatic carbocycles. The van der Waals surface area contributed by atoms with E-state index in [1.807, 2.05) is 13.0 Å². The second kappa shape index (κ2) is 8.49. The Labute approximate surface area is 163 Å². The van der Waals surface area contributed by atoms with E-state index >= 15 is 0 Å². The van der Waals surface area contributed by atoms with Crippen molar-refractivity contribution in [3.05, 3.63) is 47.0 Å². The normalized spacial score (nSPS) is 11.0. The molecule has 0 bridgehead atoms. The molecule has 2 aromatic rings. The summed E-state index contributed by atoms with van der Waals surface area (Å²) >= 11 is 6.00. The Bertz CT molecular complexity index is 947. The van der Waals surface area contributed by atoms with Crippen LogP contribution >= 0.6 is 11.6 Å². The van der Waals surface area contributed by atoms with Crippen LogP contribution < -0.4 is 19.1 Å². The molecule has 0 saturated heterocycles. The van der Waals surface area contributed by atoms with Crippen molar-refractivity contribution in [1.82, 2.24) is 0 Å². The molecule has 9 heteroatoms. The zero-order valence-corrected chi connectivity index (χ0v) is 17.0. The number of carbonyl (C=O) groups excluding carboxylic acids is 1. The third-order valence-electron chi connectivity index (χ3n) is 3.73. The summed E-state index contributed by atoms with van der Waals surface area (Å²) in [5.41, 5.74) is 1.55. The number of nitrogens with zero attached hydrogens (tertiary/aromatic N) is 1. The quantitative estimate of drug-likeness (QED) is 0.755. The second-order valence-corrected chi connectivity index (χ2v) is 8.18. The molecule has 0 saturated carbocycles. The van der Waals surface area contributed by atoms with Gasteiger partial charge in [0.25, 0.3) is 0 Å². The smallest absolute Gasteiger partial charge is 0.245 e. The third kappa shape index (κ3) is 5.27. The molecule has 2 rings (SSSR count). The van der Waals surface area contributed by atoms with Gasteiger partial charge in [0, 0.05) is 5.02 Å². The van der Waals surface area contributed by atoms with Crippen molar-refractivity contribution in [1.29, 1.82) is 0 Å². The van der Waals surface area contributed by atoms with Gasteiger partial charge in [0.2, 0.25) is 15.9 Å². The average molecular weight is 413 g/mol. The van der Waals surface area contributed by atoms with E-state index in [-0.39, 0.29) is 11.4 Å². The van der Waals surface area contributed by atoms with Crippen LogP contribution in [-0.4, -0.2) is 41.3 Å². The largest absolute Gasteiger partial charge is 0.495 e. The topological polar surface area (TPSA) is 84.9 Å². The number of halogens is 1. The van der Waals surface area contributed by atoms with Crippen molar-refractivity contribution in [3.8, 4) is 11.5 Å². The lowest BCUT2D eigenvalue weighted by atomic mass is 10.2. The molecule has 0 aliphatic carbocycles. The fourth-order valence-corrected chi connectivity index (χ4v) is 3.50. The van der Waals surface area contributed by atoms with Gasteiger partial charge in [-0.3, -0.25) is 9.10 Å². The molecule has 0 fully saturated rings. The molecule has 0 aliphatic rings. The third-order valence-corrected chi connectivity index (χ3v) is 5.09. The summed E-state index contributed by atoms with van der Waals surface area (Å²) in [6.07, 6.45) is 1.01. The highest BCUT2D eigenvalue weighted by Gasteiger charge is 2.24. The van der Waals surface area contributed by atoms with E-state index < -0.39 is 22.5 Å². The highest BCUT2D eigenvalue weighted by atomic mass is 35.5. The van der Waals surface area contributed by atoms with Crippen molar-refractivity contribution >= 4 is 38.9 Å². The van der Waals surface area contributed by atoms with E-state index in [1.165, 1.54) is 26.4 Å². The number of hydrogen-bond donors (Lipinski definition) is 1. The van der Waals surface area contributed by atoms with Crippen LogP contribution in [0.1, 0.15) is 5.56 Å². The van der Waals surface area contributed by atoms with Crippen LogP contribution in [0, 0.1) is 6.92 Å². The van der Waals surface area contributed by atoms with Crippen molar-refractivity contribution in [2.75, 3.05) is 36.6 Å². The van der Waals surface area contributed by atoms with Gasteiger partial charge < -0.3 is 14.8 Å². The zero-order chi connectivity index (χ0) is 20.2. The minimum atomic E-state index is -3.78. The molecular formula is C18H21ClN2O5S. The molecular weight excluding hydrogens is 392 g/mol. The number of amides is 1. The maximum Gasteiger partial charge on any atom is 0.245 e. The number of sulfonamides is 1. The minimum Gasteiger partial charge on any atom is -0.495 e. The second-order valence-electron chi connectivity index (χ2n) is 5.84. The van der Waals surface area contributed by atoms with Crippen LogP contribution in [0.2, 0.25) is 5.02 Å². The summed E-state index contributed by atoms with van der Waals surface area (Å²) < 4.78 is 36.0. The van der Waals surface area contributed by atoms with E-state index in [0.29, 0.717) is 16.5 Å². The first kappa shape index (κ1) is 20.9. The molecule has 0 atom stereocenters. The molecule has 0 heterocycles. The fraction of sp³-hybridized carbons (Fsp3) is 0.278. The fourth-order valence-electron chi connectivity index (χ4n) is 2.48. The van der Waals surface area contributed by atoms with Crippen LogP contribution in [0.5, 0.6) is 11.5 Å². The van der Waals surface area contributed by atoms with Gasteiger partial charge in [0.05, 0.1) is 31.9 Å².